The number of guanidine groups is 1. The van der Waals surface area contributed by atoms with Gasteiger partial charge in [-0.25, -0.2) is 0 Å². The first-order valence-corrected chi connectivity index (χ1v) is 8.85. The molecule has 0 fully saturated rings. The van der Waals surface area contributed by atoms with Crippen molar-refractivity contribution in [3.8, 4) is 0 Å². The first-order chi connectivity index (χ1) is 10.4. The van der Waals surface area contributed by atoms with Crippen molar-refractivity contribution in [1.82, 2.24) is 16.0 Å². The highest BCUT2D eigenvalue weighted by atomic mass is 35.5. The number of nitrogens with zero attached hydrogens (tertiary/aromatic N) is 1. The van der Waals surface area contributed by atoms with Gasteiger partial charge in [0.25, 0.3) is 0 Å². The molecule has 0 saturated carbocycles. The van der Waals surface area contributed by atoms with Crippen molar-refractivity contribution in [1.29, 1.82) is 0 Å². The number of hydrogen-bond acceptors (Lipinski definition) is 3. The third-order valence-corrected chi connectivity index (χ3v) is 4.04. The van der Waals surface area contributed by atoms with E-state index in [0.717, 1.165) is 36.4 Å². The van der Waals surface area contributed by atoms with Crippen LogP contribution in [-0.4, -0.2) is 43.9 Å². The minimum absolute atomic E-state index is 0.147. The van der Waals surface area contributed by atoms with E-state index in [2.05, 4.69) is 41.7 Å². The molecule has 3 N–H and O–H groups in total. The van der Waals surface area contributed by atoms with Crippen molar-refractivity contribution in [2.24, 2.45) is 4.99 Å². The summed E-state index contributed by atoms with van der Waals surface area (Å²) in [6.45, 7) is 9.10. The number of hydrogen-bond donors (Lipinski definition) is 3. The number of benzene rings is 1. The van der Waals surface area contributed by atoms with E-state index in [-0.39, 0.29) is 5.54 Å². The Kier molecular flexibility index (Phi) is 8.68. The van der Waals surface area contributed by atoms with Crippen molar-refractivity contribution >= 4 is 29.3 Å². The van der Waals surface area contributed by atoms with Gasteiger partial charge in [0.05, 0.1) is 0 Å². The first kappa shape index (κ1) is 19.1. The molecule has 1 aromatic carbocycles. The first-order valence-electron chi connectivity index (χ1n) is 7.48. The SMILES string of the molecule is CN=C(NCCNC(C)(C)C)NCCSc1ccc(Cl)cc1. The zero-order chi connectivity index (χ0) is 16.4. The van der Waals surface area contributed by atoms with E-state index in [1.807, 2.05) is 24.3 Å². The van der Waals surface area contributed by atoms with Gasteiger partial charge in [-0.3, -0.25) is 4.99 Å². The molecule has 0 aliphatic carbocycles. The normalized spacial score (nSPS) is 12.3. The molecule has 6 heteroatoms. The van der Waals surface area contributed by atoms with Gasteiger partial charge in [0.2, 0.25) is 0 Å². The molecular formula is C16H27ClN4S. The maximum atomic E-state index is 5.87. The predicted octanol–water partition coefficient (Wildman–Crippen LogP) is 2.99. The summed E-state index contributed by atoms with van der Waals surface area (Å²) in [6.07, 6.45) is 0. The standard InChI is InChI=1S/C16H27ClN4S/c1-16(2,3)21-10-9-19-15(18-4)20-11-12-22-14-7-5-13(17)6-8-14/h5-8,21H,9-12H2,1-4H3,(H2,18,19,20). The summed E-state index contributed by atoms with van der Waals surface area (Å²) in [5.74, 6) is 1.81. The number of thioether (sulfide) groups is 1. The molecule has 22 heavy (non-hydrogen) atoms. The minimum atomic E-state index is 0.147. The molecule has 0 amide bonds. The largest absolute Gasteiger partial charge is 0.356 e. The van der Waals surface area contributed by atoms with Crippen LogP contribution >= 0.6 is 23.4 Å². The fourth-order valence-electron chi connectivity index (χ4n) is 1.71. The van der Waals surface area contributed by atoms with Gasteiger partial charge in [-0.15, -0.1) is 11.8 Å². The maximum absolute atomic E-state index is 5.87. The van der Waals surface area contributed by atoms with Crippen molar-refractivity contribution in [2.45, 2.75) is 31.2 Å². The molecular weight excluding hydrogens is 316 g/mol. The third kappa shape index (κ3) is 9.18. The van der Waals surface area contributed by atoms with Crippen LogP contribution in [0.2, 0.25) is 5.02 Å². The van der Waals surface area contributed by atoms with Gasteiger partial charge in [0.1, 0.15) is 0 Å². The van der Waals surface area contributed by atoms with E-state index in [0.29, 0.717) is 0 Å². The highest BCUT2D eigenvalue weighted by Gasteiger charge is 2.07. The lowest BCUT2D eigenvalue weighted by molar-refractivity contribution is 0.428. The van der Waals surface area contributed by atoms with E-state index in [1.54, 1.807) is 18.8 Å². The second-order valence-corrected chi connectivity index (χ2v) is 7.51. The van der Waals surface area contributed by atoms with Gasteiger partial charge >= 0.3 is 0 Å². The summed E-state index contributed by atoms with van der Waals surface area (Å²) in [5, 5.41) is 10.8. The van der Waals surface area contributed by atoms with Crippen LogP contribution in [0.25, 0.3) is 0 Å². The Labute approximate surface area is 143 Å². The summed E-state index contributed by atoms with van der Waals surface area (Å²) in [6, 6.07) is 7.91. The average molecular weight is 343 g/mol. The predicted molar refractivity (Wildman–Crippen MR) is 99.3 cm³/mol. The molecule has 1 rings (SSSR count). The van der Waals surface area contributed by atoms with E-state index in [9.17, 15) is 0 Å². The molecule has 1 aromatic rings. The second-order valence-electron chi connectivity index (χ2n) is 5.90. The number of rotatable bonds is 7. The van der Waals surface area contributed by atoms with Crippen LogP contribution in [0.1, 0.15) is 20.8 Å². The molecule has 0 heterocycles. The molecule has 0 unspecified atom stereocenters. The molecule has 4 nitrogen and oxygen atoms in total. The second kappa shape index (κ2) is 9.98. The van der Waals surface area contributed by atoms with E-state index >= 15 is 0 Å². The smallest absolute Gasteiger partial charge is 0.191 e. The fourth-order valence-corrected chi connectivity index (χ4v) is 2.60. The topological polar surface area (TPSA) is 48.5 Å². The third-order valence-electron chi connectivity index (χ3n) is 2.77. The monoisotopic (exact) mass is 342 g/mol. The zero-order valence-electron chi connectivity index (χ0n) is 13.9. The Balaban J connectivity index is 2.15. The van der Waals surface area contributed by atoms with Crippen LogP contribution in [0.15, 0.2) is 34.2 Å². The lowest BCUT2D eigenvalue weighted by Gasteiger charge is -2.21. The van der Waals surface area contributed by atoms with Crippen molar-refractivity contribution in [3.05, 3.63) is 29.3 Å². The molecule has 0 aromatic heterocycles. The Morgan fingerprint density at radius 2 is 1.73 bits per heavy atom. The molecule has 0 aliphatic heterocycles. The molecule has 0 saturated heterocycles. The summed E-state index contributed by atoms with van der Waals surface area (Å²) >= 11 is 7.67. The van der Waals surface area contributed by atoms with Gasteiger partial charge in [-0.1, -0.05) is 11.6 Å². The summed E-state index contributed by atoms with van der Waals surface area (Å²) in [7, 11) is 1.79. The quantitative estimate of drug-likeness (QED) is 0.308. The zero-order valence-corrected chi connectivity index (χ0v) is 15.4. The van der Waals surface area contributed by atoms with Gasteiger partial charge in [-0.05, 0) is 45.0 Å². The van der Waals surface area contributed by atoms with Gasteiger partial charge < -0.3 is 16.0 Å². The van der Waals surface area contributed by atoms with Gasteiger partial charge in [0, 0.05) is 47.9 Å². The summed E-state index contributed by atoms with van der Waals surface area (Å²) in [5.41, 5.74) is 0.147. The van der Waals surface area contributed by atoms with Crippen molar-refractivity contribution in [3.63, 3.8) is 0 Å². The highest BCUT2D eigenvalue weighted by Crippen LogP contribution is 2.19. The van der Waals surface area contributed by atoms with Crippen molar-refractivity contribution < 1.29 is 0 Å². The lowest BCUT2D eigenvalue weighted by Crippen LogP contribution is -2.44. The molecule has 0 bridgehead atoms. The summed E-state index contributed by atoms with van der Waals surface area (Å²) < 4.78 is 0. The molecule has 0 atom stereocenters. The molecule has 124 valence electrons. The van der Waals surface area contributed by atoms with Crippen LogP contribution in [0.4, 0.5) is 0 Å². The Morgan fingerprint density at radius 3 is 2.32 bits per heavy atom. The van der Waals surface area contributed by atoms with Crippen LogP contribution < -0.4 is 16.0 Å². The average Bonchev–Trinajstić information content (AvgIpc) is 2.46. The van der Waals surface area contributed by atoms with Crippen LogP contribution in [0.5, 0.6) is 0 Å². The van der Waals surface area contributed by atoms with Crippen molar-refractivity contribution in [2.75, 3.05) is 32.4 Å². The van der Waals surface area contributed by atoms with Crippen LogP contribution in [0, 0.1) is 0 Å². The molecule has 0 radical (unpaired) electrons. The fraction of sp³-hybridized carbons (Fsp3) is 0.562. The Morgan fingerprint density at radius 1 is 1.09 bits per heavy atom. The molecule has 0 aliphatic rings. The van der Waals surface area contributed by atoms with Gasteiger partial charge in [-0.2, -0.15) is 0 Å². The number of aliphatic imine (C=N–C) groups is 1. The van der Waals surface area contributed by atoms with Crippen LogP contribution in [0.3, 0.4) is 0 Å². The van der Waals surface area contributed by atoms with E-state index < -0.39 is 0 Å². The lowest BCUT2D eigenvalue weighted by atomic mass is 10.1. The maximum Gasteiger partial charge on any atom is 0.191 e. The van der Waals surface area contributed by atoms with Gasteiger partial charge in [0.15, 0.2) is 5.96 Å². The van der Waals surface area contributed by atoms with Crippen LogP contribution in [-0.2, 0) is 0 Å². The minimum Gasteiger partial charge on any atom is -0.356 e. The number of nitrogens with one attached hydrogen (secondary N) is 3. The Hall–Kier alpha value is -0.910. The number of halogens is 1. The highest BCUT2D eigenvalue weighted by molar-refractivity contribution is 7.99. The summed E-state index contributed by atoms with van der Waals surface area (Å²) in [4.78, 5) is 5.44. The Bertz CT molecular complexity index is 454. The molecule has 0 spiro atoms. The van der Waals surface area contributed by atoms with E-state index in [4.69, 9.17) is 11.6 Å². The van der Waals surface area contributed by atoms with E-state index in [1.165, 1.54) is 4.90 Å².